The minimum Gasteiger partial charge on any atom is -0.323 e. The molecule has 2 aromatic carbocycles. The second-order valence-corrected chi connectivity index (χ2v) is 7.48. The highest BCUT2D eigenvalue weighted by Crippen LogP contribution is 2.31. The van der Waals surface area contributed by atoms with Crippen LogP contribution in [0.25, 0.3) is 0 Å². The van der Waals surface area contributed by atoms with Crippen LogP contribution >= 0.6 is 0 Å². The number of rotatable bonds is 1. The molecule has 0 unspecified atom stereocenters. The lowest BCUT2D eigenvalue weighted by atomic mass is 9.90. The predicted octanol–water partition coefficient (Wildman–Crippen LogP) is 2.40. The number of nitrogens with zero attached hydrogens (tertiary/aromatic N) is 1. The summed E-state index contributed by atoms with van der Waals surface area (Å²) in [6, 6.07) is 8.10. The Morgan fingerprint density at radius 1 is 0.742 bits per heavy atom. The molecule has 11 nitrogen and oxygen atoms in total. The molecule has 4 N–H and O–H groups in total. The number of anilines is 4. The van der Waals surface area contributed by atoms with Crippen LogP contribution in [0.3, 0.4) is 0 Å². The van der Waals surface area contributed by atoms with Gasteiger partial charge < -0.3 is 21.3 Å². The normalized spacial score (nSPS) is 16.1. The summed E-state index contributed by atoms with van der Waals surface area (Å²) in [5.74, 6) is -3.57. The first-order valence-corrected chi connectivity index (χ1v) is 9.13. The smallest absolute Gasteiger partial charge is 0.314 e. The van der Waals surface area contributed by atoms with Crippen molar-refractivity contribution < 1.29 is 24.1 Å². The first kappa shape index (κ1) is 21.4. The van der Waals surface area contributed by atoms with Crippen LogP contribution in [0.2, 0.25) is 0 Å². The van der Waals surface area contributed by atoms with Crippen LogP contribution in [0.4, 0.5) is 28.4 Å². The second kappa shape index (κ2) is 7.86. The number of fused-ring (bicyclic) bond motifs is 2. The van der Waals surface area contributed by atoms with E-state index in [1.54, 1.807) is 19.1 Å². The van der Waals surface area contributed by atoms with E-state index in [0.717, 1.165) is 17.7 Å². The Morgan fingerprint density at radius 3 is 1.74 bits per heavy atom. The van der Waals surface area contributed by atoms with E-state index < -0.39 is 34.0 Å². The van der Waals surface area contributed by atoms with Gasteiger partial charge in [0, 0.05) is 12.1 Å². The third kappa shape index (κ3) is 4.34. The zero-order valence-corrected chi connectivity index (χ0v) is 16.9. The number of benzene rings is 2. The first-order chi connectivity index (χ1) is 14.5. The van der Waals surface area contributed by atoms with Crippen molar-refractivity contribution in [2.75, 3.05) is 21.3 Å². The van der Waals surface area contributed by atoms with E-state index in [0.29, 0.717) is 0 Å². The predicted molar refractivity (Wildman–Crippen MR) is 113 cm³/mol. The first-order valence-electron chi connectivity index (χ1n) is 9.13. The fraction of sp³-hybridized carbons (Fsp3) is 0.200. The van der Waals surface area contributed by atoms with Crippen molar-refractivity contribution in [2.45, 2.75) is 20.8 Å². The highest BCUT2D eigenvalue weighted by Gasteiger charge is 2.37. The van der Waals surface area contributed by atoms with Crippen LogP contribution in [0.1, 0.15) is 19.4 Å². The minimum atomic E-state index is -1.57. The number of nitrogens with one attached hydrogen (secondary N) is 4. The average Bonchev–Trinajstić information content (AvgIpc) is 2.70. The van der Waals surface area contributed by atoms with Gasteiger partial charge in [0.15, 0.2) is 0 Å². The molecule has 0 saturated heterocycles. The number of hydrogen-bond acceptors (Lipinski definition) is 6. The lowest BCUT2D eigenvalue weighted by Crippen LogP contribution is -2.41. The SMILES string of the molecule is Cc1ccc2c(c1)NC(=O)C(=O)Nc1cc([N+](=O)[O-])ccc1NC(=O)C(C)(C)C(=O)N2. The van der Waals surface area contributed by atoms with Gasteiger partial charge in [0.05, 0.1) is 27.7 Å². The molecule has 1 aliphatic rings. The molecule has 0 atom stereocenters. The topological polar surface area (TPSA) is 160 Å². The molecule has 0 aliphatic carbocycles. The largest absolute Gasteiger partial charge is 0.323 e. The van der Waals surface area contributed by atoms with Crippen LogP contribution in [0.5, 0.6) is 0 Å². The van der Waals surface area contributed by atoms with Crippen molar-refractivity contribution >= 4 is 52.1 Å². The fourth-order valence-corrected chi connectivity index (χ4v) is 2.75. The third-order valence-electron chi connectivity index (χ3n) is 4.72. The van der Waals surface area contributed by atoms with Gasteiger partial charge in [-0.25, -0.2) is 0 Å². The summed E-state index contributed by atoms with van der Waals surface area (Å²) in [7, 11) is 0. The molecular weight excluding hydrogens is 406 g/mol. The van der Waals surface area contributed by atoms with Gasteiger partial charge in [-0.1, -0.05) is 6.07 Å². The molecule has 3 rings (SSSR count). The van der Waals surface area contributed by atoms with Gasteiger partial charge >= 0.3 is 11.8 Å². The molecule has 0 saturated carbocycles. The van der Waals surface area contributed by atoms with Crippen molar-refractivity contribution in [1.29, 1.82) is 0 Å². The highest BCUT2D eigenvalue weighted by atomic mass is 16.6. The number of non-ortho nitro benzene ring substituents is 1. The van der Waals surface area contributed by atoms with Crippen LogP contribution in [-0.4, -0.2) is 28.6 Å². The molecule has 0 spiro atoms. The number of carbonyl (C=O) groups excluding carboxylic acids is 4. The van der Waals surface area contributed by atoms with E-state index >= 15 is 0 Å². The van der Waals surface area contributed by atoms with E-state index in [4.69, 9.17) is 0 Å². The molecule has 0 fully saturated rings. The summed E-state index contributed by atoms with van der Waals surface area (Å²) in [6.45, 7) is 4.54. The Bertz CT molecular complexity index is 1140. The quantitative estimate of drug-likeness (QED) is 0.238. The molecule has 1 heterocycles. The van der Waals surface area contributed by atoms with Crippen LogP contribution in [0, 0.1) is 22.5 Å². The zero-order chi connectivity index (χ0) is 22.9. The van der Waals surface area contributed by atoms with Crippen LogP contribution in [-0.2, 0) is 19.2 Å². The average molecular weight is 425 g/mol. The standard InChI is InChI=1S/C20H19N5O6/c1-10-4-6-12-14(8-10)21-16(26)17(27)22-15-9-11(25(30)31)5-7-13(15)24-19(29)20(2,3)18(28)23-12/h4-9H,1-3H3,(H,21,26)(H,22,27)(H,23,28)(H,24,29). The van der Waals surface area contributed by atoms with Gasteiger partial charge in [-0.05, 0) is 44.5 Å². The molecule has 11 heteroatoms. The number of amides is 4. The zero-order valence-electron chi connectivity index (χ0n) is 16.9. The van der Waals surface area contributed by atoms with Crippen molar-refractivity contribution in [3.8, 4) is 0 Å². The molecule has 2 aromatic rings. The maximum atomic E-state index is 12.8. The van der Waals surface area contributed by atoms with E-state index in [9.17, 15) is 29.3 Å². The van der Waals surface area contributed by atoms with Crippen LogP contribution in [0.15, 0.2) is 36.4 Å². The number of hydrogen-bond donors (Lipinski definition) is 4. The van der Waals surface area contributed by atoms with Crippen molar-refractivity contribution in [3.63, 3.8) is 0 Å². The van der Waals surface area contributed by atoms with Crippen molar-refractivity contribution in [2.24, 2.45) is 5.41 Å². The summed E-state index contributed by atoms with van der Waals surface area (Å²) in [4.78, 5) is 61.0. The van der Waals surface area contributed by atoms with Crippen molar-refractivity contribution in [3.05, 3.63) is 52.1 Å². The van der Waals surface area contributed by atoms with Gasteiger partial charge in [-0.15, -0.1) is 0 Å². The molecule has 0 radical (unpaired) electrons. The maximum Gasteiger partial charge on any atom is 0.314 e. The van der Waals surface area contributed by atoms with Gasteiger partial charge in [0.25, 0.3) is 5.69 Å². The molecule has 1 aliphatic heterocycles. The highest BCUT2D eigenvalue weighted by molar-refractivity contribution is 6.44. The van der Waals surface area contributed by atoms with E-state index in [1.807, 2.05) is 0 Å². The van der Waals surface area contributed by atoms with Gasteiger partial charge in [-0.2, -0.15) is 0 Å². The number of nitro benzene ring substituents is 1. The Hall–Kier alpha value is -4.28. The summed E-state index contributed by atoms with van der Waals surface area (Å²) in [5, 5.41) is 20.9. The Kier molecular flexibility index (Phi) is 5.43. The fourth-order valence-electron chi connectivity index (χ4n) is 2.75. The van der Waals surface area contributed by atoms with Gasteiger partial charge in [-0.3, -0.25) is 29.3 Å². The maximum absolute atomic E-state index is 12.8. The molecule has 0 aromatic heterocycles. The summed E-state index contributed by atoms with van der Waals surface area (Å²) >= 11 is 0. The monoisotopic (exact) mass is 425 g/mol. The van der Waals surface area contributed by atoms with Gasteiger partial charge in [0.1, 0.15) is 5.41 Å². The number of aryl methyl sites for hydroxylation is 1. The summed E-state index contributed by atoms with van der Waals surface area (Å²) < 4.78 is 0. The van der Waals surface area contributed by atoms with Crippen LogP contribution < -0.4 is 21.3 Å². The number of nitro groups is 1. The summed E-state index contributed by atoms with van der Waals surface area (Å²) in [5.41, 5.74) is -1.00. The minimum absolute atomic E-state index is 0.00905. The Labute approximate surface area is 176 Å². The third-order valence-corrected chi connectivity index (χ3v) is 4.72. The van der Waals surface area contributed by atoms with E-state index in [-0.39, 0.29) is 28.4 Å². The van der Waals surface area contributed by atoms with E-state index in [1.165, 1.54) is 26.0 Å². The van der Waals surface area contributed by atoms with E-state index in [2.05, 4.69) is 21.3 Å². The summed E-state index contributed by atoms with van der Waals surface area (Å²) in [6.07, 6.45) is 0. The Balaban J connectivity index is 2.13. The molecular formula is C20H19N5O6. The molecule has 160 valence electrons. The Morgan fingerprint density at radius 2 is 1.23 bits per heavy atom. The number of carbonyl (C=O) groups is 4. The van der Waals surface area contributed by atoms with Crippen molar-refractivity contribution in [1.82, 2.24) is 0 Å². The molecule has 31 heavy (non-hydrogen) atoms. The molecule has 4 amide bonds. The lowest BCUT2D eigenvalue weighted by molar-refractivity contribution is -0.384. The lowest BCUT2D eigenvalue weighted by Gasteiger charge is -2.24. The molecule has 0 bridgehead atoms. The second-order valence-electron chi connectivity index (χ2n) is 7.48. The van der Waals surface area contributed by atoms with Gasteiger partial charge in [0.2, 0.25) is 11.8 Å².